The van der Waals surface area contributed by atoms with Gasteiger partial charge in [-0.15, -0.1) is 0 Å². The molecule has 0 heterocycles. The third-order valence-corrected chi connectivity index (χ3v) is 1.66. The quantitative estimate of drug-likeness (QED) is 0.537. The summed E-state index contributed by atoms with van der Waals surface area (Å²) >= 11 is 0. The van der Waals surface area contributed by atoms with E-state index in [2.05, 4.69) is 4.99 Å². The SMILES string of the molecule is NCCCN=Cc1ccccc1O. The van der Waals surface area contributed by atoms with Crippen LogP contribution < -0.4 is 5.73 Å². The number of phenols is 1. The van der Waals surface area contributed by atoms with Crippen molar-refractivity contribution in [2.45, 2.75) is 6.42 Å². The Balaban J connectivity index is 2.53. The van der Waals surface area contributed by atoms with Crippen molar-refractivity contribution in [2.24, 2.45) is 10.7 Å². The molecule has 0 saturated heterocycles. The largest absolute Gasteiger partial charge is 0.507 e. The fourth-order valence-corrected chi connectivity index (χ4v) is 0.942. The van der Waals surface area contributed by atoms with Crippen LogP contribution in [0.3, 0.4) is 0 Å². The molecule has 1 rings (SSSR count). The number of benzene rings is 1. The maximum atomic E-state index is 9.35. The molecule has 0 atom stereocenters. The average molecular weight is 178 g/mol. The van der Waals surface area contributed by atoms with Gasteiger partial charge in [0.1, 0.15) is 5.75 Å². The third-order valence-electron chi connectivity index (χ3n) is 1.66. The predicted octanol–water partition coefficient (Wildman–Crippen LogP) is 1.16. The maximum Gasteiger partial charge on any atom is 0.124 e. The fraction of sp³-hybridized carbons (Fsp3) is 0.300. The van der Waals surface area contributed by atoms with Crippen LogP contribution in [-0.2, 0) is 0 Å². The van der Waals surface area contributed by atoms with E-state index in [1.54, 1.807) is 18.3 Å². The Morgan fingerprint density at radius 2 is 2.15 bits per heavy atom. The molecule has 3 N–H and O–H groups in total. The Kier molecular flexibility index (Phi) is 3.99. The second kappa shape index (κ2) is 5.32. The van der Waals surface area contributed by atoms with Gasteiger partial charge in [-0.3, -0.25) is 4.99 Å². The van der Waals surface area contributed by atoms with Gasteiger partial charge < -0.3 is 10.8 Å². The zero-order chi connectivity index (χ0) is 9.52. The molecule has 3 nitrogen and oxygen atoms in total. The van der Waals surface area contributed by atoms with Crippen LogP contribution in [0.2, 0.25) is 0 Å². The van der Waals surface area contributed by atoms with Crippen molar-refractivity contribution < 1.29 is 5.11 Å². The molecule has 0 saturated carbocycles. The van der Waals surface area contributed by atoms with Crippen molar-refractivity contribution in [3.8, 4) is 5.75 Å². The highest BCUT2D eigenvalue weighted by atomic mass is 16.3. The van der Waals surface area contributed by atoms with Gasteiger partial charge in [-0.1, -0.05) is 12.1 Å². The van der Waals surface area contributed by atoms with Crippen LogP contribution >= 0.6 is 0 Å². The Hall–Kier alpha value is -1.35. The summed E-state index contributed by atoms with van der Waals surface area (Å²) in [6.45, 7) is 1.36. The molecule has 13 heavy (non-hydrogen) atoms. The Morgan fingerprint density at radius 1 is 1.38 bits per heavy atom. The second-order valence-electron chi connectivity index (χ2n) is 2.74. The highest BCUT2D eigenvalue weighted by Crippen LogP contribution is 2.12. The van der Waals surface area contributed by atoms with Crippen LogP contribution in [-0.4, -0.2) is 24.4 Å². The third kappa shape index (κ3) is 3.25. The van der Waals surface area contributed by atoms with Gasteiger partial charge in [0.05, 0.1) is 0 Å². The number of aromatic hydroxyl groups is 1. The van der Waals surface area contributed by atoms with E-state index < -0.39 is 0 Å². The molecule has 1 aromatic rings. The van der Waals surface area contributed by atoms with Crippen LogP contribution in [0.25, 0.3) is 0 Å². The molecule has 1 aromatic carbocycles. The van der Waals surface area contributed by atoms with E-state index in [1.165, 1.54) is 0 Å². The maximum absolute atomic E-state index is 9.35. The van der Waals surface area contributed by atoms with Crippen molar-refractivity contribution in [1.29, 1.82) is 0 Å². The van der Waals surface area contributed by atoms with Gasteiger partial charge in [-0.2, -0.15) is 0 Å². The Bertz CT molecular complexity index is 284. The van der Waals surface area contributed by atoms with E-state index in [0.717, 1.165) is 12.0 Å². The van der Waals surface area contributed by atoms with Crippen molar-refractivity contribution >= 4 is 6.21 Å². The molecule has 0 bridgehead atoms. The minimum absolute atomic E-state index is 0.263. The highest BCUT2D eigenvalue weighted by Gasteiger charge is 1.93. The first-order valence-corrected chi connectivity index (χ1v) is 4.32. The molecule has 0 aliphatic rings. The molecule has 0 aromatic heterocycles. The summed E-state index contributed by atoms with van der Waals surface area (Å²) in [6.07, 6.45) is 2.55. The molecule has 0 fully saturated rings. The number of nitrogens with two attached hydrogens (primary N) is 1. The standard InChI is InChI=1S/C10H14N2O/c11-6-3-7-12-8-9-4-1-2-5-10(9)13/h1-2,4-5,8,13H,3,6-7,11H2. The molecule has 0 aliphatic carbocycles. The summed E-state index contributed by atoms with van der Waals surface area (Å²) in [5.41, 5.74) is 6.06. The smallest absolute Gasteiger partial charge is 0.124 e. The first-order chi connectivity index (χ1) is 6.34. The lowest BCUT2D eigenvalue weighted by Gasteiger charge is -1.96. The molecule has 0 radical (unpaired) electrons. The van der Waals surface area contributed by atoms with Crippen LogP contribution in [0.5, 0.6) is 5.75 Å². The number of hydrogen-bond acceptors (Lipinski definition) is 3. The van der Waals surface area contributed by atoms with Gasteiger partial charge in [0.15, 0.2) is 0 Å². The monoisotopic (exact) mass is 178 g/mol. The van der Waals surface area contributed by atoms with E-state index in [1.807, 2.05) is 12.1 Å². The van der Waals surface area contributed by atoms with Crippen molar-refractivity contribution in [1.82, 2.24) is 0 Å². The van der Waals surface area contributed by atoms with Crippen molar-refractivity contribution in [2.75, 3.05) is 13.1 Å². The van der Waals surface area contributed by atoms with E-state index in [4.69, 9.17) is 5.73 Å². The van der Waals surface area contributed by atoms with Crippen molar-refractivity contribution in [3.63, 3.8) is 0 Å². The van der Waals surface area contributed by atoms with Gasteiger partial charge in [0.2, 0.25) is 0 Å². The molecular formula is C10H14N2O. The van der Waals surface area contributed by atoms with Crippen molar-refractivity contribution in [3.05, 3.63) is 29.8 Å². The van der Waals surface area contributed by atoms with Crippen LogP contribution in [0.15, 0.2) is 29.3 Å². The molecule has 0 unspecified atom stereocenters. The molecule has 0 amide bonds. The molecule has 0 aliphatic heterocycles. The number of nitrogens with zero attached hydrogens (tertiary/aromatic N) is 1. The fourth-order valence-electron chi connectivity index (χ4n) is 0.942. The summed E-state index contributed by atoms with van der Waals surface area (Å²) in [4.78, 5) is 4.13. The number of aliphatic imine (C=N–C) groups is 1. The second-order valence-corrected chi connectivity index (χ2v) is 2.74. The molecule has 70 valence electrons. The van der Waals surface area contributed by atoms with Gasteiger partial charge in [-0.05, 0) is 25.1 Å². The van der Waals surface area contributed by atoms with E-state index in [0.29, 0.717) is 13.1 Å². The topological polar surface area (TPSA) is 58.6 Å². The minimum Gasteiger partial charge on any atom is -0.507 e. The molecule has 3 heteroatoms. The van der Waals surface area contributed by atoms with Crippen LogP contribution in [0.4, 0.5) is 0 Å². The van der Waals surface area contributed by atoms with Crippen LogP contribution in [0, 0.1) is 0 Å². The predicted molar refractivity (Wildman–Crippen MR) is 54.2 cm³/mol. The van der Waals surface area contributed by atoms with Gasteiger partial charge in [0.25, 0.3) is 0 Å². The number of hydrogen-bond donors (Lipinski definition) is 2. The summed E-state index contributed by atoms with van der Waals surface area (Å²) in [6, 6.07) is 7.11. The normalized spacial score (nSPS) is 10.8. The average Bonchev–Trinajstić information content (AvgIpc) is 2.15. The van der Waals surface area contributed by atoms with Crippen LogP contribution in [0.1, 0.15) is 12.0 Å². The minimum atomic E-state index is 0.263. The number of rotatable bonds is 4. The summed E-state index contributed by atoms with van der Waals surface area (Å²) in [5, 5.41) is 9.35. The zero-order valence-electron chi connectivity index (χ0n) is 7.48. The van der Waals surface area contributed by atoms with Gasteiger partial charge in [-0.25, -0.2) is 0 Å². The summed E-state index contributed by atoms with van der Waals surface area (Å²) in [5.74, 6) is 0.263. The summed E-state index contributed by atoms with van der Waals surface area (Å²) in [7, 11) is 0. The lowest BCUT2D eigenvalue weighted by molar-refractivity contribution is 0.474. The highest BCUT2D eigenvalue weighted by molar-refractivity contribution is 5.83. The number of para-hydroxylation sites is 1. The van der Waals surface area contributed by atoms with E-state index >= 15 is 0 Å². The summed E-state index contributed by atoms with van der Waals surface area (Å²) < 4.78 is 0. The Labute approximate surface area is 77.9 Å². The number of phenolic OH excluding ortho intramolecular Hbond substituents is 1. The first kappa shape index (κ1) is 9.74. The van der Waals surface area contributed by atoms with E-state index in [-0.39, 0.29) is 5.75 Å². The lowest BCUT2D eigenvalue weighted by Crippen LogP contribution is -2.00. The molecular weight excluding hydrogens is 164 g/mol. The van der Waals surface area contributed by atoms with Gasteiger partial charge >= 0.3 is 0 Å². The Morgan fingerprint density at radius 3 is 2.85 bits per heavy atom. The molecule has 0 spiro atoms. The van der Waals surface area contributed by atoms with Gasteiger partial charge in [0, 0.05) is 18.3 Å². The first-order valence-electron chi connectivity index (χ1n) is 4.32. The van der Waals surface area contributed by atoms with E-state index in [9.17, 15) is 5.11 Å². The zero-order valence-corrected chi connectivity index (χ0v) is 7.48. The lowest BCUT2D eigenvalue weighted by atomic mass is 10.2.